The molecule has 0 bridgehead atoms. The Morgan fingerprint density at radius 3 is 2.70 bits per heavy atom. The van der Waals surface area contributed by atoms with Crippen molar-refractivity contribution in [3.8, 4) is 6.07 Å². The van der Waals surface area contributed by atoms with Crippen molar-refractivity contribution in [3.05, 3.63) is 28.8 Å². The van der Waals surface area contributed by atoms with Crippen molar-refractivity contribution >= 4 is 11.6 Å². The van der Waals surface area contributed by atoms with Gasteiger partial charge in [0.2, 0.25) is 0 Å². The number of nitrogens with zero attached hydrogens (tertiary/aromatic N) is 2. The molecule has 0 fully saturated rings. The highest BCUT2D eigenvalue weighted by atomic mass is 35.5. The fourth-order valence-electron chi connectivity index (χ4n) is 0.518. The van der Waals surface area contributed by atoms with Gasteiger partial charge in [-0.3, -0.25) is 4.98 Å². The van der Waals surface area contributed by atoms with E-state index in [2.05, 4.69) is 4.98 Å². The second-order valence-corrected chi connectivity index (χ2v) is 2.00. The van der Waals surface area contributed by atoms with E-state index in [9.17, 15) is 4.39 Å². The molecule has 0 spiro atoms. The summed E-state index contributed by atoms with van der Waals surface area (Å²) in [6, 6.07) is 1.62. The van der Waals surface area contributed by atoms with E-state index in [4.69, 9.17) is 16.9 Å². The first-order valence-corrected chi connectivity index (χ1v) is 2.82. The number of rotatable bonds is 0. The Morgan fingerprint density at radius 1 is 1.60 bits per heavy atom. The van der Waals surface area contributed by atoms with Crippen LogP contribution in [-0.4, -0.2) is 4.98 Å². The van der Waals surface area contributed by atoms with E-state index in [0.29, 0.717) is 0 Å². The first-order chi connectivity index (χ1) is 4.75. The Kier molecular flexibility index (Phi) is 1.83. The van der Waals surface area contributed by atoms with Crippen LogP contribution in [0.2, 0.25) is 5.02 Å². The first-order valence-electron chi connectivity index (χ1n) is 2.45. The highest BCUT2D eigenvalue weighted by Crippen LogP contribution is 2.14. The lowest BCUT2D eigenvalue weighted by Gasteiger charge is -1.92. The van der Waals surface area contributed by atoms with Gasteiger partial charge in [0.25, 0.3) is 0 Å². The molecule has 0 amide bonds. The summed E-state index contributed by atoms with van der Waals surface area (Å²) in [7, 11) is 0. The van der Waals surface area contributed by atoms with Gasteiger partial charge < -0.3 is 0 Å². The van der Waals surface area contributed by atoms with Gasteiger partial charge in [0.05, 0.1) is 11.2 Å². The number of nitriles is 1. The fourth-order valence-corrected chi connectivity index (χ4v) is 0.707. The van der Waals surface area contributed by atoms with Crippen LogP contribution >= 0.6 is 11.6 Å². The summed E-state index contributed by atoms with van der Waals surface area (Å²) in [6.45, 7) is 0. The Bertz CT molecular complexity index is 272. The van der Waals surface area contributed by atoms with Gasteiger partial charge in [0.15, 0.2) is 5.82 Å². The average molecular weight is 157 g/mol. The summed E-state index contributed by atoms with van der Waals surface area (Å²) >= 11 is 5.40. The molecule has 1 rings (SSSR count). The van der Waals surface area contributed by atoms with Gasteiger partial charge in [0.1, 0.15) is 11.6 Å². The fraction of sp³-hybridized carbons (Fsp3) is 0. The Labute approximate surface area is 61.9 Å². The molecule has 0 saturated heterocycles. The van der Waals surface area contributed by atoms with Crippen molar-refractivity contribution in [2.45, 2.75) is 0 Å². The minimum Gasteiger partial charge on any atom is -0.260 e. The van der Waals surface area contributed by atoms with Gasteiger partial charge in [0, 0.05) is 6.20 Å². The lowest BCUT2D eigenvalue weighted by Crippen LogP contribution is -1.85. The third kappa shape index (κ3) is 1.07. The van der Waals surface area contributed by atoms with Gasteiger partial charge in [-0.1, -0.05) is 11.6 Å². The number of aromatic nitrogens is 1. The molecule has 0 atom stereocenters. The van der Waals surface area contributed by atoms with Gasteiger partial charge in [-0.05, 0) is 0 Å². The maximum atomic E-state index is 12.5. The van der Waals surface area contributed by atoms with Crippen molar-refractivity contribution in [2.24, 2.45) is 0 Å². The molecule has 0 unspecified atom stereocenters. The topological polar surface area (TPSA) is 36.7 Å². The van der Waals surface area contributed by atoms with Crippen LogP contribution in [0.5, 0.6) is 0 Å². The third-order valence-electron chi connectivity index (χ3n) is 0.965. The zero-order chi connectivity index (χ0) is 7.56. The molecule has 1 aromatic heterocycles. The SMILES string of the molecule is N#Cc1c(F)cncc1Cl. The number of pyridine rings is 1. The second-order valence-electron chi connectivity index (χ2n) is 1.59. The summed E-state index contributed by atoms with van der Waals surface area (Å²) < 4.78 is 12.5. The van der Waals surface area contributed by atoms with Crippen molar-refractivity contribution in [2.75, 3.05) is 0 Å². The molecule has 0 saturated carbocycles. The molecule has 0 aliphatic heterocycles. The summed E-state index contributed by atoms with van der Waals surface area (Å²) in [5.74, 6) is -0.685. The molecule has 4 heteroatoms. The molecule has 50 valence electrons. The zero-order valence-corrected chi connectivity index (χ0v) is 5.56. The molecule has 0 aliphatic carbocycles. The van der Waals surface area contributed by atoms with E-state index in [-0.39, 0.29) is 10.6 Å². The highest BCUT2D eigenvalue weighted by molar-refractivity contribution is 6.31. The third-order valence-corrected chi connectivity index (χ3v) is 1.25. The molecule has 0 aromatic carbocycles. The van der Waals surface area contributed by atoms with Gasteiger partial charge in [-0.25, -0.2) is 4.39 Å². The van der Waals surface area contributed by atoms with Crippen LogP contribution in [-0.2, 0) is 0 Å². The minimum atomic E-state index is -0.685. The maximum absolute atomic E-state index is 12.5. The van der Waals surface area contributed by atoms with Crippen molar-refractivity contribution in [1.82, 2.24) is 4.98 Å². The molecule has 10 heavy (non-hydrogen) atoms. The van der Waals surface area contributed by atoms with Gasteiger partial charge >= 0.3 is 0 Å². The minimum absolute atomic E-state index is 0.0440. The van der Waals surface area contributed by atoms with Crippen molar-refractivity contribution < 1.29 is 4.39 Å². The summed E-state index contributed by atoms with van der Waals surface area (Å²) in [5, 5.41) is 8.34. The first kappa shape index (κ1) is 6.97. The van der Waals surface area contributed by atoms with Gasteiger partial charge in [-0.2, -0.15) is 5.26 Å². The van der Waals surface area contributed by atoms with E-state index in [1.54, 1.807) is 6.07 Å². The van der Waals surface area contributed by atoms with E-state index in [1.165, 1.54) is 6.20 Å². The normalized spacial score (nSPS) is 8.90. The van der Waals surface area contributed by atoms with E-state index in [0.717, 1.165) is 6.20 Å². The highest BCUT2D eigenvalue weighted by Gasteiger charge is 2.04. The summed E-state index contributed by atoms with van der Waals surface area (Å²) in [6.07, 6.45) is 2.17. The average Bonchev–Trinajstić information content (AvgIpc) is 1.88. The molecule has 0 aliphatic rings. The predicted molar refractivity (Wildman–Crippen MR) is 33.9 cm³/mol. The maximum Gasteiger partial charge on any atom is 0.160 e. The van der Waals surface area contributed by atoms with Crippen LogP contribution in [0, 0.1) is 17.1 Å². The quantitative estimate of drug-likeness (QED) is 0.574. The van der Waals surface area contributed by atoms with Crippen molar-refractivity contribution in [3.63, 3.8) is 0 Å². The summed E-state index contributed by atoms with van der Waals surface area (Å²) in [5.41, 5.74) is -0.156. The van der Waals surface area contributed by atoms with Crippen LogP contribution in [0.4, 0.5) is 4.39 Å². The second kappa shape index (κ2) is 2.63. The number of halogens is 2. The summed E-state index contributed by atoms with van der Waals surface area (Å²) in [4.78, 5) is 3.43. The van der Waals surface area contributed by atoms with Crippen LogP contribution in [0.1, 0.15) is 5.56 Å². The Morgan fingerprint density at radius 2 is 2.30 bits per heavy atom. The van der Waals surface area contributed by atoms with E-state index in [1.807, 2.05) is 0 Å². The monoisotopic (exact) mass is 156 g/mol. The standard InChI is InChI=1S/C6H2ClFN2/c7-5-2-10-3-6(8)4(5)1-9/h2-3H. The molecule has 1 heterocycles. The molecule has 0 radical (unpaired) electrons. The Hall–Kier alpha value is -1.14. The molecule has 0 N–H and O–H groups in total. The lowest BCUT2D eigenvalue weighted by molar-refractivity contribution is 0.617. The van der Waals surface area contributed by atoms with Crippen LogP contribution in [0.3, 0.4) is 0 Å². The lowest BCUT2D eigenvalue weighted by atomic mass is 10.3. The van der Waals surface area contributed by atoms with Gasteiger partial charge in [-0.15, -0.1) is 0 Å². The van der Waals surface area contributed by atoms with Crippen molar-refractivity contribution in [1.29, 1.82) is 5.26 Å². The van der Waals surface area contributed by atoms with Crippen LogP contribution in [0.25, 0.3) is 0 Å². The Balaban J connectivity index is 3.34. The van der Waals surface area contributed by atoms with E-state index >= 15 is 0 Å². The zero-order valence-electron chi connectivity index (χ0n) is 4.81. The smallest absolute Gasteiger partial charge is 0.160 e. The number of hydrogen-bond acceptors (Lipinski definition) is 2. The van der Waals surface area contributed by atoms with E-state index < -0.39 is 5.82 Å². The predicted octanol–water partition coefficient (Wildman–Crippen LogP) is 1.75. The molecule has 2 nitrogen and oxygen atoms in total. The molecular formula is C6H2ClFN2. The number of hydrogen-bond donors (Lipinski definition) is 0. The molecule has 1 aromatic rings. The largest absolute Gasteiger partial charge is 0.260 e. The molecular weight excluding hydrogens is 155 g/mol. The van der Waals surface area contributed by atoms with Crippen LogP contribution < -0.4 is 0 Å². The van der Waals surface area contributed by atoms with Crippen LogP contribution in [0.15, 0.2) is 12.4 Å².